The van der Waals surface area contributed by atoms with Crippen LogP contribution in [-0.4, -0.2) is 29.0 Å². The number of aromatic nitrogens is 2. The number of rotatable bonds is 4. The molecule has 1 aromatic heterocycles. The molecule has 1 aromatic carbocycles. The maximum absolute atomic E-state index is 12.5. The first-order valence-corrected chi connectivity index (χ1v) is 9.42. The van der Waals surface area contributed by atoms with Gasteiger partial charge in [-0.05, 0) is 30.5 Å². The molecule has 0 radical (unpaired) electrons. The highest BCUT2D eigenvalue weighted by Gasteiger charge is 2.30. The largest absolute Gasteiger partial charge is 0.267 e. The van der Waals surface area contributed by atoms with E-state index >= 15 is 0 Å². The highest BCUT2D eigenvalue weighted by atomic mass is 32.2. The van der Waals surface area contributed by atoms with Crippen LogP contribution in [0.5, 0.6) is 0 Å². The molecule has 0 N–H and O–H groups in total. The fraction of sp³-hybridized carbons (Fsp3) is 0.353. The summed E-state index contributed by atoms with van der Waals surface area (Å²) in [7, 11) is -3.41. The smallest absolute Gasteiger partial charge is 0.236 e. The van der Waals surface area contributed by atoms with Gasteiger partial charge in [0.05, 0.1) is 24.5 Å². The Kier molecular flexibility index (Phi) is 3.58. The van der Waals surface area contributed by atoms with E-state index in [2.05, 4.69) is 11.2 Å². The normalized spacial score (nSPS) is 19.1. The van der Waals surface area contributed by atoms with E-state index in [1.54, 1.807) is 6.08 Å². The van der Waals surface area contributed by atoms with Gasteiger partial charge in [-0.15, -0.1) is 0 Å². The van der Waals surface area contributed by atoms with Crippen LogP contribution in [0.25, 0.3) is 6.08 Å². The first-order valence-electron chi connectivity index (χ1n) is 7.92. The number of hydrogen-bond acceptors (Lipinski definition) is 3. The molecule has 5 nitrogen and oxygen atoms in total. The standard InChI is InChI=1S/C17H19N3O2S/c21-23(22,11-8-14-4-2-1-3-5-14)19-9-10-20-16(13-19)12-17(18-20)15-6-7-15/h1-5,8,11-12,15H,6-7,9-10,13H2/b11-8+. The number of fused-ring (bicyclic) bond motifs is 1. The Balaban J connectivity index is 1.52. The molecule has 4 rings (SSSR count). The van der Waals surface area contributed by atoms with Crippen LogP contribution < -0.4 is 0 Å². The Labute approximate surface area is 136 Å². The number of sulfonamides is 1. The van der Waals surface area contributed by atoms with Crippen LogP contribution in [-0.2, 0) is 23.1 Å². The minimum Gasteiger partial charge on any atom is -0.267 e. The summed E-state index contributed by atoms with van der Waals surface area (Å²) in [5.41, 5.74) is 3.00. The zero-order chi connectivity index (χ0) is 15.9. The van der Waals surface area contributed by atoms with Crippen molar-refractivity contribution in [2.24, 2.45) is 0 Å². The van der Waals surface area contributed by atoms with Crippen molar-refractivity contribution in [3.8, 4) is 0 Å². The number of hydrogen-bond donors (Lipinski definition) is 0. The van der Waals surface area contributed by atoms with Crippen LogP contribution in [0.4, 0.5) is 0 Å². The second-order valence-corrected chi connectivity index (χ2v) is 7.97. The summed E-state index contributed by atoms with van der Waals surface area (Å²) in [4.78, 5) is 0. The summed E-state index contributed by atoms with van der Waals surface area (Å²) in [6.07, 6.45) is 4.06. The van der Waals surface area contributed by atoms with Crippen LogP contribution in [0.1, 0.15) is 35.7 Å². The van der Waals surface area contributed by atoms with Crippen LogP contribution in [0.3, 0.4) is 0 Å². The van der Waals surface area contributed by atoms with Crippen molar-refractivity contribution < 1.29 is 8.42 Å². The third-order valence-corrected chi connectivity index (χ3v) is 5.88. The Morgan fingerprint density at radius 2 is 1.91 bits per heavy atom. The molecule has 1 fully saturated rings. The van der Waals surface area contributed by atoms with Crippen molar-refractivity contribution in [1.82, 2.24) is 14.1 Å². The predicted molar refractivity (Wildman–Crippen MR) is 89.0 cm³/mol. The van der Waals surface area contributed by atoms with Gasteiger partial charge in [-0.2, -0.15) is 9.40 Å². The minimum absolute atomic E-state index is 0.404. The van der Waals surface area contributed by atoms with E-state index in [1.807, 2.05) is 35.0 Å². The fourth-order valence-corrected chi connectivity index (χ4v) is 4.02. The maximum Gasteiger partial charge on any atom is 0.236 e. The van der Waals surface area contributed by atoms with E-state index in [0.717, 1.165) is 17.0 Å². The maximum atomic E-state index is 12.5. The molecule has 2 aliphatic rings. The molecule has 0 atom stereocenters. The van der Waals surface area contributed by atoms with Gasteiger partial charge in [-0.3, -0.25) is 4.68 Å². The lowest BCUT2D eigenvalue weighted by atomic mass is 10.2. The molecular weight excluding hydrogens is 310 g/mol. The molecule has 1 saturated carbocycles. The van der Waals surface area contributed by atoms with Crippen LogP contribution in [0.15, 0.2) is 41.8 Å². The van der Waals surface area contributed by atoms with Gasteiger partial charge >= 0.3 is 0 Å². The summed E-state index contributed by atoms with van der Waals surface area (Å²) >= 11 is 0. The summed E-state index contributed by atoms with van der Waals surface area (Å²) in [6.45, 7) is 1.50. The molecule has 0 saturated heterocycles. The lowest BCUT2D eigenvalue weighted by Gasteiger charge is -2.25. The zero-order valence-electron chi connectivity index (χ0n) is 12.8. The van der Waals surface area contributed by atoms with Gasteiger partial charge in [-0.25, -0.2) is 8.42 Å². The summed E-state index contributed by atoms with van der Waals surface area (Å²) in [5.74, 6) is 0.594. The van der Waals surface area contributed by atoms with Crippen molar-refractivity contribution in [2.45, 2.75) is 31.8 Å². The van der Waals surface area contributed by atoms with Crippen molar-refractivity contribution in [3.05, 3.63) is 58.8 Å². The average Bonchev–Trinajstić information content (AvgIpc) is 3.33. The Bertz CT molecular complexity index is 836. The molecule has 0 amide bonds. The van der Waals surface area contributed by atoms with Gasteiger partial charge in [0.1, 0.15) is 0 Å². The van der Waals surface area contributed by atoms with E-state index in [4.69, 9.17) is 0 Å². The van der Waals surface area contributed by atoms with Gasteiger partial charge in [0.15, 0.2) is 0 Å². The highest BCUT2D eigenvalue weighted by Crippen LogP contribution is 2.39. The summed E-state index contributed by atoms with van der Waals surface area (Å²) in [6, 6.07) is 11.5. The van der Waals surface area contributed by atoms with Crippen molar-refractivity contribution in [2.75, 3.05) is 6.54 Å². The van der Waals surface area contributed by atoms with Crippen molar-refractivity contribution in [1.29, 1.82) is 0 Å². The van der Waals surface area contributed by atoms with E-state index < -0.39 is 10.0 Å². The molecule has 2 heterocycles. The van der Waals surface area contributed by atoms with E-state index in [0.29, 0.717) is 25.6 Å². The quantitative estimate of drug-likeness (QED) is 0.866. The lowest BCUT2D eigenvalue weighted by molar-refractivity contribution is 0.329. The molecule has 1 aliphatic heterocycles. The second-order valence-electron chi connectivity index (χ2n) is 6.15. The first-order chi connectivity index (χ1) is 11.1. The van der Waals surface area contributed by atoms with Crippen molar-refractivity contribution in [3.63, 3.8) is 0 Å². The molecule has 23 heavy (non-hydrogen) atoms. The monoisotopic (exact) mass is 329 g/mol. The van der Waals surface area contributed by atoms with Gasteiger partial charge in [-0.1, -0.05) is 30.3 Å². The third kappa shape index (κ3) is 3.09. The minimum atomic E-state index is -3.41. The third-order valence-electron chi connectivity index (χ3n) is 4.37. The first kappa shape index (κ1) is 14.7. The van der Waals surface area contributed by atoms with E-state index in [-0.39, 0.29) is 0 Å². The zero-order valence-corrected chi connectivity index (χ0v) is 13.6. The van der Waals surface area contributed by atoms with Crippen LogP contribution >= 0.6 is 0 Å². The van der Waals surface area contributed by atoms with E-state index in [1.165, 1.54) is 22.6 Å². The number of nitrogens with zero attached hydrogens (tertiary/aromatic N) is 3. The van der Waals surface area contributed by atoms with Crippen LogP contribution in [0, 0.1) is 0 Å². The lowest BCUT2D eigenvalue weighted by Crippen LogP contribution is -2.37. The molecule has 0 spiro atoms. The van der Waals surface area contributed by atoms with Crippen molar-refractivity contribution >= 4 is 16.1 Å². The topological polar surface area (TPSA) is 55.2 Å². The summed E-state index contributed by atoms with van der Waals surface area (Å²) < 4.78 is 28.5. The molecule has 2 aromatic rings. The van der Waals surface area contributed by atoms with E-state index in [9.17, 15) is 8.42 Å². The Morgan fingerprint density at radius 3 is 2.65 bits per heavy atom. The Hall–Kier alpha value is -1.92. The molecular formula is C17H19N3O2S. The molecule has 0 unspecified atom stereocenters. The van der Waals surface area contributed by atoms with Crippen LogP contribution in [0.2, 0.25) is 0 Å². The Morgan fingerprint density at radius 1 is 1.13 bits per heavy atom. The SMILES string of the molecule is O=S(=O)(/C=C/c1ccccc1)N1CCn2nc(C3CC3)cc2C1. The molecule has 120 valence electrons. The van der Waals surface area contributed by atoms with Gasteiger partial charge < -0.3 is 0 Å². The van der Waals surface area contributed by atoms with Gasteiger partial charge in [0.2, 0.25) is 10.0 Å². The van der Waals surface area contributed by atoms with Gasteiger partial charge in [0.25, 0.3) is 0 Å². The fourth-order valence-electron chi connectivity index (χ4n) is 2.88. The summed E-state index contributed by atoms with van der Waals surface area (Å²) in [5, 5.41) is 5.90. The highest BCUT2D eigenvalue weighted by molar-refractivity contribution is 7.92. The van der Waals surface area contributed by atoms with Gasteiger partial charge in [0, 0.05) is 17.9 Å². The number of benzene rings is 1. The molecule has 6 heteroatoms. The average molecular weight is 329 g/mol. The molecule has 1 aliphatic carbocycles. The molecule has 0 bridgehead atoms. The second kappa shape index (κ2) is 5.62. The predicted octanol–water partition coefficient (Wildman–Crippen LogP) is 2.58.